The minimum Gasteiger partial charge on any atom is -0.312 e. The second kappa shape index (κ2) is 6.38. The van der Waals surface area contributed by atoms with Crippen LogP contribution in [-0.4, -0.2) is 45.5 Å². The summed E-state index contributed by atoms with van der Waals surface area (Å²) in [5.41, 5.74) is 2.77. The number of anilines is 1. The van der Waals surface area contributed by atoms with E-state index in [0.717, 1.165) is 29.1 Å². The van der Waals surface area contributed by atoms with E-state index < -0.39 is 0 Å². The normalized spacial score (nSPS) is 15.8. The van der Waals surface area contributed by atoms with Crippen molar-refractivity contribution in [3.63, 3.8) is 0 Å². The first-order valence-electron chi connectivity index (χ1n) is 8.57. The molecular formula is C18H19N5O3. The summed E-state index contributed by atoms with van der Waals surface area (Å²) in [5.74, 6) is -0.279. The topological polar surface area (TPSA) is 96.3 Å². The minimum absolute atomic E-state index is 0.0405. The molecule has 0 aliphatic carbocycles. The lowest BCUT2D eigenvalue weighted by atomic mass is 10.1. The van der Waals surface area contributed by atoms with Gasteiger partial charge in [0, 0.05) is 45.1 Å². The Hall–Kier alpha value is -3.00. The van der Waals surface area contributed by atoms with Gasteiger partial charge in [-0.3, -0.25) is 24.0 Å². The van der Waals surface area contributed by atoms with Crippen molar-refractivity contribution >= 4 is 23.5 Å². The number of carbonyl (C=O) groups is 3. The Morgan fingerprint density at radius 3 is 2.62 bits per heavy atom. The van der Waals surface area contributed by atoms with E-state index in [1.807, 2.05) is 0 Å². The Bertz CT molecular complexity index is 883. The average Bonchev–Trinajstić information content (AvgIpc) is 3.09. The molecule has 2 aromatic rings. The number of nitrogens with one attached hydrogen (secondary N) is 2. The van der Waals surface area contributed by atoms with Crippen LogP contribution in [0.15, 0.2) is 24.3 Å². The second-order valence-electron chi connectivity index (χ2n) is 6.43. The third kappa shape index (κ3) is 2.68. The zero-order valence-corrected chi connectivity index (χ0v) is 14.4. The maximum atomic E-state index is 12.4. The van der Waals surface area contributed by atoms with Crippen molar-refractivity contribution in [1.82, 2.24) is 20.0 Å². The molecule has 26 heavy (non-hydrogen) atoms. The third-order valence-electron chi connectivity index (χ3n) is 4.77. The van der Waals surface area contributed by atoms with Crippen LogP contribution in [0, 0.1) is 0 Å². The van der Waals surface area contributed by atoms with Gasteiger partial charge in [0.1, 0.15) is 5.82 Å². The molecule has 0 bridgehead atoms. The number of nitrogens with zero attached hydrogens (tertiary/aromatic N) is 3. The number of rotatable bonds is 4. The Kier molecular flexibility index (Phi) is 4.04. The quantitative estimate of drug-likeness (QED) is 0.789. The zero-order valence-electron chi connectivity index (χ0n) is 14.4. The number of amides is 3. The largest absolute Gasteiger partial charge is 0.312 e. The fraction of sp³-hybridized carbons (Fsp3) is 0.333. The highest BCUT2D eigenvalue weighted by Crippen LogP contribution is 2.24. The molecule has 3 heterocycles. The fourth-order valence-corrected chi connectivity index (χ4v) is 3.44. The summed E-state index contributed by atoms with van der Waals surface area (Å²) >= 11 is 0. The molecule has 0 radical (unpaired) electrons. The summed E-state index contributed by atoms with van der Waals surface area (Å²) in [6.07, 6.45) is 0.868. The predicted molar refractivity (Wildman–Crippen MR) is 93.7 cm³/mol. The molecule has 134 valence electrons. The van der Waals surface area contributed by atoms with E-state index in [4.69, 9.17) is 0 Å². The van der Waals surface area contributed by atoms with Crippen molar-refractivity contribution in [2.24, 2.45) is 7.05 Å². The molecule has 0 saturated heterocycles. The van der Waals surface area contributed by atoms with E-state index in [9.17, 15) is 14.4 Å². The first kappa shape index (κ1) is 16.5. The smallest absolute Gasteiger partial charge is 0.261 e. The maximum Gasteiger partial charge on any atom is 0.261 e. The van der Waals surface area contributed by atoms with Gasteiger partial charge in [0.25, 0.3) is 11.8 Å². The number of hydrogen-bond acceptors (Lipinski definition) is 5. The molecule has 0 fully saturated rings. The van der Waals surface area contributed by atoms with Gasteiger partial charge < -0.3 is 10.6 Å². The molecule has 2 aliphatic rings. The van der Waals surface area contributed by atoms with E-state index in [1.165, 1.54) is 0 Å². The molecule has 0 unspecified atom stereocenters. The average molecular weight is 353 g/mol. The van der Waals surface area contributed by atoms with Crippen LogP contribution in [0.25, 0.3) is 0 Å². The molecule has 8 heteroatoms. The summed E-state index contributed by atoms with van der Waals surface area (Å²) in [4.78, 5) is 38.2. The molecular weight excluding hydrogens is 334 g/mol. The number of fused-ring (bicyclic) bond motifs is 2. The SMILES string of the molecule is Cn1nc2c(c1NC(=O)CCN1C(=O)c3ccccc3C1=O)CNCC2. The lowest BCUT2D eigenvalue weighted by Gasteiger charge is -2.15. The van der Waals surface area contributed by atoms with Crippen LogP contribution < -0.4 is 10.6 Å². The number of hydrogen-bond donors (Lipinski definition) is 2. The molecule has 2 N–H and O–H groups in total. The van der Waals surface area contributed by atoms with E-state index in [2.05, 4.69) is 15.7 Å². The van der Waals surface area contributed by atoms with Crippen molar-refractivity contribution < 1.29 is 14.4 Å². The Morgan fingerprint density at radius 1 is 1.23 bits per heavy atom. The summed E-state index contributed by atoms with van der Waals surface area (Å²) in [6, 6.07) is 6.70. The standard InChI is InChI=1S/C18H19N5O3/c1-22-16(13-10-19-8-6-14(13)21-22)20-15(24)7-9-23-17(25)11-4-2-3-5-12(11)18(23)26/h2-5,19H,6-10H2,1H3,(H,20,24). The van der Waals surface area contributed by atoms with Gasteiger partial charge in [-0.2, -0.15) is 5.10 Å². The van der Waals surface area contributed by atoms with Crippen molar-refractivity contribution in [2.45, 2.75) is 19.4 Å². The summed E-state index contributed by atoms with van der Waals surface area (Å²) in [7, 11) is 1.79. The van der Waals surface area contributed by atoms with Crippen LogP contribution in [0.4, 0.5) is 5.82 Å². The van der Waals surface area contributed by atoms with Crippen molar-refractivity contribution in [3.8, 4) is 0 Å². The molecule has 1 aromatic heterocycles. The van der Waals surface area contributed by atoms with Crippen molar-refractivity contribution in [1.29, 1.82) is 0 Å². The predicted octanol–water partition coefficient (Wildman–Crippen LogP) is 0.691. The molecule has 2 aliphatic heterocycles. The van der Waals surface area contributed by atoms with Crippen LogP contribution in [0.2, 0.25) is 0 Å². The van der Waals surface area contributed by atoms with Gasteiger partial charge in [0.2, 0.25) is 5.91 Å². The van der Waals surface area contributed by atoms with Gasteiger partial charge in [-0.1, -0.05) is 12.1 Å². The molecule has 0 atom stereocenters. The number of benzene rings is 1. The summed E-state index contributed by atoms with van der Waals surface area (Å²) in [6.45, 7) is 1.59. The van der Waals surface area contributed by atoms with Crippen LogP contribution >= 0.6 is 0 Å². The van der Waals surface area contributed by atoms with Crippen molar-refractivity contribution in [3.05, 3.63) is 46.6 Å². The van der Waals surface area contributed by atoms with Gasteiger partial charge in [0.05, 0.1) is 16.8 Å². The lowest BCUT2D eigenvalue weighted by Crippen LogP contribution is -2.33. The molecule has 1 aromatic carbocycles. The summed E-state index contributed by atoms with van der Waals surface area (Å²) < 4.78 is 1.66. The van der Waals surface area contributed by atoms with Gasteiger partial charge >= 0.3 is 0 Å². The maximum absolute atomic E-state index is 12.4. The van der Waals surface area contributed by atoms with Crippen LogP contribution in [0.3, 0.4) is 0 Å². The molecule has 0 spiro atoms. The fourth-order valence-electron chi connectivity index (χ4n) is 3.44. The first-order chi connectivity index (χ1) is 12.6. The van der Waals surface area contributed by atoms with Crippen LogP contribution in [-0.2, 0) is 24.8 Å². The van der Waals surface area contributed by atoms with Gasteiger partial charge in [-0.15, -0.1) is 0 Å². The lowest BCUT2D eigenvalue weighted by molar-refractivity contribution is -0.116. The minimum atomic E-state index is -0.347. The van der Waals surface area contributed by atoms with Gasteiger partial charge in [-0.05, 0) is 12.1 Å². The Morgan fingerprint density at radius 2 is 1.92 bits per heavy atom. The number of aromatic nitrogens is 2. The van der Waals surface area contributed by atoms with E-state index in [0.29, 0.717) is 23.5 Å². The monoisotopic (exact) mass is 353 g/mol. The molecule has 0 saturated carbocycles. The molecule has 4 rings (SSSR count). The van der Waals surface area contributed by atoms with Crippen molar-refractivity contribution in [2.75, 3.05) is 18.4 Å². The zero-order chi connectivity index (χ0) is 18.3. The highest BCUT2D eigenvalue weighted by molar-refractivity contribution is 6.21. The Balaban J connectivity index is 1.42. The van der Waals surface area contributed by atoms with E-state index in [1.54, 1.807) is 36.0 Å². The number of imide groups is 1. The van der Waals surface area contributed by atoms with E-state index >= 15 is 0 Å². The molecule has 8 nitrogen and oxygen atoms in total. The van der Waals surface area contributed by atoms with Crippen LogP contribution in [0.5, 0.6) is 0 Å². The van der Waals surface area contributed by atoms with Crippen LogP contribution in [0.1, 0.15) is 38.4 Å². The third-order valence-corrected chi connectivity index (χ3v) is 4.77. The number of carbonyl (C=O) groups excluding carboxylic acids is 3. The Labute approximate surface area is 150 Å². The second-order valence-corrected chi connectivity index (χ2v) is 6.43. The molecule has 3 amide bonds. The van der Waals surface area contributed by atoms with Gasteiger partial charge in [0.15, 0.2) is 0 Å². The van der Waals surface area contributed by atoms with E-state index in [-0.39, 0.29) is 30.7 Å². The number of aryl methyl sites for hydroxylation is 1. The van der Waals surface area contributed by atoms with Gasteiger partial charge in [-0.25, -0.2) is 0 Å². The highest BCUT2D eigenvalue weighted by Gasteiger charge is 2.35. The summed E-state index contributed by atoms with van der Waals surface area (Å²) in [5, 5.41) is 10.6. The first-order valence-corrected chi connectivity index (χ1v) is 8.57. The highest BCUT2D eigenvalue weighted by atomic mass is 16.2.